The maximum atomic E-state index is 11.8. The molecule has 0 unspecified atom stereocenters. The molecule has 2 aliphatic heterocycles. The second-order valence-electron chi connectivity index (χ2n) is 7.19. The first-order valence-corrected chi connectivity index (χ1v) is 6.89. The molecule has 0 atom stereocenters. The molecule has 0 saturated carbocycles. The topological polar surface area (TPSA) is 49.9 Å². The van der Waals surface area contributed by atoms with E-state index in [0.717, 1.165) is 13.1 Å². The van der Waals surface area contributed by atoms with Crippen LogP contribution in [0.2, 0.25) is 0 Å². The first-order valence-electron chi connectivity index (χ1n) is 6.89. The number of ether oxygens (including phenoxy) is 1. The summed E-state index contributed by atoms with van der Waals surface area (Å²) >= 11 is 0. The molecular formula is C14H24N2O3. The molecule has 2 fully saturated rings. The second-order valence-corrected chi connectivity index (χ2v) is 7.19. The van der Waals surface area contributed by atoms with Crippen LogP contribution in [0.15, 0.2) is 0 Å². The Kier molecular flexibility index (Phi) is 3.27. The second kappa shape index (κ2) is 4.39. The van der Waals surface area contributed by atoms with E-state index in [1.807, 2.05) is 39.5 Å². The Morgan fingerprint density at radius 2 is 1.53 bits per heavy atom. The first kappa shape index (κ1) is 14.2. The molecule has 2 rings (SSSR count). The number of nitrogens with zero attached hydrogens (tertiary/aromatic N) is 2. The van der Waals surface area contributed by atoms with Crippen molar-refractivity contribution in [2.45, 2.75) is 40.2 Å². The molecule has 0 aromatic carbocycles. The molecule has 2 aliphatic rings. The number of carbonyl (C=O) groups is 2. The van der Waals surface area contributed by atoms with Gasteiger partial charge in [0.15, 0.2) is 0 Å². The van der Waals surface area contributed by atoms with Crippen molar-refractivity contribution in [3.8, 4) is 0 Å². The van der Waals surface area contributed by atoms with E-state index in [4.69, 9.17) is 4.74 Å². The van der Waals surface area contributed by atoms with Gasteiger partial charge in [-0.05, 0) is 20.8 Å². The third-order valence-corrected chi connectivity index (χ3v) is 3.56. The lowest BCUT2D eigenvalue weighted by molar-refractivity contribution is -0.160. The van der Waals surface area contributed by atoms with Crippen molar-refractivity contribution in [3.05, 3.63) is 0 Å². The van der Waals surface area contributed by atoms with E-state index >= 15 is 0 Å². The quantitative estimate of drug-likeness (QED) is 0.727. The number of rotatable bonds is 1. The van der Waals surface area contributed by atoms with Crippen LogP contribution in [-0.2, 0) is 9.53 Å². The Hall–Kier alpha value is -1.26. The first-order chi connectivity index (χ1) is 8.62. The predicted octanol–water partition coefficient (Wildman–Crippen LogP) is 1.72. The van der Waals surface area contributed by atoms with Crippen LogP contribution in [0.5, 0.6) is 0 Å². The van der Waals surface area contributed by atoms with Crippen LogP contribution in [0.25, 0.3) is 0 Å². The molecule has 19 heavy (non-hydrogen) atoms. The molecule has 0 N–H and O–H groups in total. The average Bonchev–Trinajstić information content (AvgIpc) is 2.09. The standard InChI is InChI=1S/C14H24N2O3/c1-10(2)11(17)15-6-14(7-15)8-16(9-14)12(18)19-13(3,4)5/h10H,6-9H2,1-5H3. The van der Waals surface area contributed by atoms with Crippen molar-refractivity contribution >= 4 is 12.0 Å². The normalized spacial score (nSPS) is 21.2. The van der Waals surface area contributed by atoms with Crippen LogP contribution in [0, 0.1) is 11.3 Å². The molecule has 5 heteroatoms. The van der Waals surface area contributed by atoms with Gasteiger partial charge in [-0.3, -0.25) is 4.79 Å². The van der Waals surface area contributed by atoms with Crippen molar-refractivity contribution in [3.63, 3.8) is 0 Å². The fourth-order valence-corrected chi connectivity index (χ4v) is 2.70. The van der Waals surface area contributed by atoms with Crippen LogP contribution in [0.3, 0.4) is 0 Å². The van der Waals surface area contributed by atoms with Gasteiger partial charge in [0.25, 0.3) is 0 Å². The van der Waals surface area contributed by atoms with Gasteiger partial charge in [-0.2, -0.15) is 0 Å². The number of amides is 2. The van der Waals surface area contributed by atoms with Gasteiger partial charge >= 0.3 is 6.09 Å². The molecule has 108 valence electrons. The van der Waals surface area contributed by atoms with Crippen molar-refractivity contribution < 1.29 is 14.3 Å². The molecule has 1 spiro atoms. The highest BCUT2D eigenvalue weighted by atomic mass is 16.6. The van der Waals surface area contributed by atoms with Crippen LogP contribution < -0.4 is 0 Å². The number of hydrogen-bond donors (Lipinski definition) is 0. The minimum absolute atomic E-state index is 0.0550. The van der Waals surface area contributed by atoms with Gasteiger partial charge in [-0.15, -0.1) is 0 Å². The third kappa shape index (κ3) is 2.85. The van der Waals surface area contributed by atoms with E-state index < -0.39 is 5.60 Å². The van der Waals surface area contributed by atoms with Gasteiger partial charge in [0.2, 0.25) is 5.91 Å². The van der Waals surface area contributed by atoms with Gasteiger partial charge in [-0.1, -0.05) is 13.8 Å². The SMILES string of the molecule is CC(C)C(=O)N1CC2(CN(C(=O)OC(C)(C)C)C2)C1. The van der Waals surface area contributed by atoms with Crippen molar-refractivity contribution in [1.82, 2.24) is 9.80 Å². The Balaban J connectivity index is 1.76. The lowest BCUT2D eigenvalue weighted by atomic mass is 9.72. The summed E-state index contributed by atoms with van der Waals surface area (Å²) in [4.78, 5) is 27.2. The van der Waals surface area contributed by atoms with E-state index in [0.29, 0.717) is 13.1 Å². The zero-order chi connectivity index (χ0) is 14.4. The van der Waals surface area contributed by atoms with Crippen molar-refractivity contribution in [2.24, 2.45) is 11.3 Å². The maximum Gasteiger partial charge on any atom is 0.410 e. The molecule has 0 aromatic rings. The zero-order valence-electron chi connectivity index (χ0n) is 12.5. The van der Waals surface area contributed by atoms with Gasteiger partial charge < -0.3 is 14.5 Å². The summed E-state index contributed by atoms with van der Waals surface area (Å²) in [6, 6.07) is 0. The molecule has 2 saturated heterocycles. The van der Waals surface area contributed by atoms with E-state index in [1.165, 1.54) is 0 Å². The van der Waals surface area contributed by atoms with Gasteiger partial charge in [0.05, 0.1) is 0 Å². The molecule has 2 amide bonds. The van der Waals surface area contributed by atoms with Gasteiger partial charge in [0.1, 0.15) is 5.60 Å². The average molecular weight is 268 g/mol. The molecular weight excluding hydrogens is 244 g/mol. The Morgan fingerprint density at radius 3 is 1.95 bits per heavy atom. The Labute approximate surface area is 114 Å². The summed E-state index contributed by atoms with van der Waals surface area (Å²) < 4.78 is 5.32. The number of likely N-dealkylation sites (tertiary alicyclic amines) is 2. The molecule has 2 heterocycles. The van der Waals surface area contributed by atoms with Gasteiger partial charge in [-0.25, -0.2) is 4.79 Å². The van der Waals surface area contributed by atoms with Gasteiger partial charge in [0, 0.05) is 37.5 Å². The zero-order valence-corrected chi connectivity index (χ0v) is 12.5. The smallest absolute Gasteiger partial charge is 0.410 e. The largest absolute Gasteiger partial charge is 0.444 e. The lowest BCUT2D eigenvalue weighted by Gasteiger charge is -2.60. The molecule has 0 bridgehead atoms. The lowest BCUT2D eigenvalue weighted by Crippen LogP contribution is -2.74. The van der Waals surface area contributed by atoms with Crippen LogP contribution in [0.4, 0.5) is 4.79 Å². The molecule has 5 nitrogen and oxygen atoms in total. The minimum atomic E-state index is -0.445. The number of hydrogen-bond acceptors (Lipinski definition) is 3. The monoisotopic (exact) mass is 268 g/mol. The third-order valence-electron chi connectivity index (χ3n) is 3.56. The van der Waals surface area contributed by atoms with Crippen molar-refractivity contribution in [2.75, 3.05) is 26.2 Å². The van der Waals surface area contributed by atoms with E-state index in [2.05, 4.69) is 0 Å². The van der Waals surface area contributed by atoms with Crippen molar-refractivity contribution in [1.29, 1.82) is 0 Å². The predicted molar refractivity (Wildman–Crippen MR) is 71.7 cm³/mol. The summed E-state index contributed by atoms with van der Waals surface area (Å²) in [7, 11) is 0. The highest BCUT2D eigenvalue weighted by molar-refractivity contribution is 5.79. The van der Waals surface area contributed by atoms with E-state index in [-0.39, 0.29) is 23.3 Å². The summed E-state index contributed by atoms with van der Waals surface area (Å²) in [5.41, 5.74) is -0.305. The summed E-state index contributed by atoms with van der Waals surface area (Å²) in [5.74, 6) is 0.265. The molecule has 0 aromatic heterocycles. The summed E-state index contributed by atoms with van der Waals surface area (Å²) in [5, 5.41) is 0. The minimum Gasteiger partial charge on any atom is -0.444 e. The Bertz CT molecular complexity index is 384. The van der Waals surface area contributed by atoms with Crippen LogP contribution >= 0.6 is 0 Å². The highest BCUT2D eigenvalue weighted by Gasteiger charge is 2.55. The van der Waals surface area contributed by atoms with E-state index in [1.54, 1.807) is 4.90 Å². The fourth-order valence-electron chi connectivity index (χ4n) is 2.70. The van der Waals surface area contributed by atoms with E-state index in [9.17, 15) is 9.59 Å². The van der Waals surface area contributed by atoms with Crippen LogP contribution in [-0.4, -0.2) is 53.6 Å². The van der Waals surface area contributed by atoms with Crippen LogP contribution in [0.1, 0.15) is 34.6 Å². The Morgan fingerprint density at radius 1 is 1.05 bits per heavy atom. The number of carbonyl (C=O) groups excluding carboxylic acids is 2. The summed E-state index contributed by atoms with van der Waals surface area (Å²) in [6.07, 6.45) is -0.244. The highest BCUT2D eigenvalue weighted by Crippen LogP contribution is 2.40. The summed E-state index contributed by atoms with van der Waals surface area (Å²) in [6.45, 7) is 12.4. The molecule has 0 aliphatic carbocycles. The fraction of sp³-hybridized carbons (Fsp3) is 0.857. The maximum absolute atomic E-state index is 11.8. The molecule has 0 radical (unpaired) electrons.